The Morgan fingerprint density at radius 2 is 1.46 bits per heavy atom. The Labute approximate surface area is 155 Å². The highest BCUT2D eigenvalue weighted by atomic mass is 15.1. The molecule has 0 amide bonds. The summed E-state index contributed by atoms with van der Waals surface area (Å²) in [5.74, 6) is 0. The molecule has 4 aromatic rings. The monoisotopic (exact) mass is 337 g/mol. The molecule has 0 aliphatic heterocycles. The summed E-state index contributed by atoms with van der Waals surface area (Å²) in [7, 11) is 4.14. The van der Waals surface area contributed by atoms with E-state index in [0.717, 1.165) is 5.57 Å². The third-order valence-corrected chi connectivity index (χ3v) is 5.05. The molecule has 128 valence electrons. The first-order valence-corrected chi connectivity index (χ1v) is 8.94. The topological polar surface area (TPSA) is 3.24 Å². The summed E-state index contributed by atoms with van der Waals surface area (Å²) in [5.41, 5.74) is 6.04. The Balaban J connectivity index is 2.00. The first kappa shape index (κ1) is 16.4. The van der Waals surface area contributed by atoms with E-state index in [1.165, 1.54) is 43.9 Å². The summed E-state index contributed by atoms with van der Waals surface area (Å²) in [6, 6.07) is 26.4. The first-order valence-electron chi connectivity index (χ1n) is 8.94. The second-order valence-electron chi connectivity index (χ2n) is 7.13. The Morgan fingerprint density at radius 1 is 0.769 bits per heavy atom. The lowest BCUT2D eigenvalue weighted by Gasteiger charge is -2.15. The van der Waals surface area contributed by atoms with E-state index in [-0.39, 0.29) is 0 Å². The molecule has 0 saturated heterocycles. The third kappa shape index (κ3) is 2.76. The molecule has 0 N–H and O–H groups in total. The van der Waals surface area contributed by atoms with Crippen molar-refractivity contribution in [1.82, 2.24) is 0 Å². The van der Waals surface area contributed by atoms with E-state index >= 15 is 0 Å². The Hall–Kier alpha value is -3.06. The van der Waals surface area contributed by atoms with Crippen LogP contribution in [0, 0.1) is 0 Å². The largest absolute Gasteiger partial charge is 0.378 e. The van der Waals surface area contributed by atoms with Crippen LogP contribution in [0.3, 0.4) is 0 Å². The molecular formula is C25H23N. The summed E-state index contributed by atoms with van der Waals surface area (Å²) in [4.78, 5) is 2.13. The summed E-state index contributed by atoms with van der Waals surface area (Å²) in [6.07, 6.45) is 0. The van der Waals surface area contributed by atoms with E-state index in [9.17, 15) is 0 Å². The van der Waals surface area contributed by atoms with Gasteiger partial charge in [0.15, 0.2) is 0 Å². The van der Waals surface area contributed by atoms with Crippen LogP contribution in [-0.2, 0) is 0 Å². The lowest BCUT2D eigenvalue weighted by Crippen LogP contribution is -2.07. The number of hydrogen-bond donors (Lipinski definition) is 0. The van der Waals surface area contributed by atoms with Gasteiger partial charge in [0, 0.05) is 19.8 Å². The minimum absolute atomic E-state index is 1.10. The van der Waals surface area contributed by atoms with Crippen LogP contribution in [-0.4, -0.2) is 14.1 Å². The van der Waals surface area contributed by atoms with Crippen LogP contribution in [0.4, 0.5) is 5.69 Å². The highest BCUT2D eigenvalue weighted by Crippen LogP contribution is 2.36. The van der Waals surface area contributed by atoms with Crippen LogP contribution in [0.2, 0.25) is 0 Å². The van der Waals surface area contributed by atoms with Crippen molar-refractivity contribution < 1.29 is 0 Å². The Bertz CT molecular complexity index is 1120. The zero-order chi connectivity index (χ0) is 18.3. The molecule has 0 heterocycles. The predicted molar refractivity (Wildman–Crippen MR) is 116 cm³/mol. The number of fused-ring (bicyclic) bond motifs is 3. The number of nitrogens with zero attached hydrogens (tertiary/aromatic N) is 1. The van der Waals surface area contributed by atoms with Gasteiger partial charge in [-0.25, -0.2) is 0 Å². The molecule has 0 unspecified atom stereocenters. The minimum atomic E-state index is 1.10. The van der Waals surface area contributed by atoms with Gasteiger partial charge in [-0.1, -0.05) is 60.7 Å². The van der Waals surface area contributed by atoms with E-state index in [4.69, 9.17) is 0 Å². The number of anilines is 1. The quantitative estimate of drug-likeness (QED) is 0.373. The zero-order valence-corrected chi connectivity index (χ0v) is 15.6. The summed E-state index contributed by atoms with van der Waals surface area (Å²) in [6.45, 7) is 6.16. The van der Waals surface area contributed by atoms with E-state index in [1.807, 2.05) is 0 Å². The number of hydrogen-bond acceptors (Lipinski definition) is 1. The van der Waals surface area contributed by atoms with Gasteiger partial charge in [-0.05, 0) is 69.4 Å². The van der Waals surface area contributed by atoms with Crippen molar-refractivity contribution in [1.29, 1.82) is 0 Å². The third-order valence-electron chi connectivity index (χ3n) is 5.05. The van der Waals surface area contributed by atoms with Crippen molar-refractivity contribution in [2.24, 2.45) is 0 Å². The number of rotatable bonds is 3. The molecule has 0 aliphatic carbocycles. The maximum Gasteiger partial charge on any atom is 0.0361 e. The van der Waals surface area contributed by atoms with Crippen LogP contribution >= 0.6 is 0 Å². The Kier molecular flexibility index (Phi) is 4.00. The van der Waals surface area contributed by atoms with Crippen LogP contribution < -0.4 is 4.90 Å². The molecule has 0 atom stereocenters. The molecule has 1 nitrogen and oxygen atoms in total. The van der Waals surface area contributed by atoms with E-state index in [0.29, 0.717) is 0 Å². The Morgan fingerprint density at radius 3 is 2.12 bits per heavy atom. The van der Waals surface area contributed by atoms with Gasteiger partial charge < -0.3 is 4.90 Å². The molecule has 0 aliphatic rings. The molecule has 0 saturated carbocycles. The molecule has 0 spiro atoms. The van der Waals surface area contributed by atoms with Crippen LogP contribution in [0.15, 0.2) is 79.4 Å². The van der Waals surface area contributed by atoms with Gasteiger partial charge in [-0.2, -0.15) is 0 Å². The standard InChI is InChI=1S/C25H23N/c1-17(2)19-9-10-20-16-24(18-11-13-21(14-12-18)26(3)4)22-7-5-6-8-23(22)25(20)15-19/h5-16H,1H2,2-4H3. The van der Waals surface area contributed by atoms with E-state index < -0.39 is 0 Å². The van der Waals surface area contributed by atoms with Gasteiger partial charge in [0.2, 0.25) is 0 Å². The van der Waals surface area contributed by atoms with Gasteiger partial charge in [-0.3, -0.25) is 0 Å². The van der Waals surface area contributed by atoms with Gasteiger partial charge in [0.1, 0.15) is 0 Å². The second-order valence-corrected chi connectivity index (χ2v) is 7.13. The van der Waals surface area contributed by atoms with Crippen LogP contribution in [0.5, 0.6) is 0 Å². The van der Waals surface area contributed by atoms with Crippen LogP contribution in [0.25, 0.3) is 38.2 Å². The van der Waals surface area contributed by atoms with Crippen molar-refractivity contribution in [2.45, 2.75) is 6.92 Å². The van der Waals surface area contributed by atoms with Crippen molar-refractivity contribution in [3.8, 4) is 11.1 Å². The molecule has 1 heteroatoms. The van der Waals surface area contributed by atoms with Crippen molar-refractivity contribution in [2.75, 3.05) is 19.0 Å². The average Bonchev–Trinajstić information content (AvgIpc) is 2.67. The predicted octanol–water partition coefficient (Wildman–Crippen LogP) is 6.76. The van der Waals surface area contributed by atoms with Crippen LogP contribution in [0.1, 0.15) is 12.5 Å². The maximum atomic E-state index is 4.10. The molecule has 0 bridgehead atoms. The van der Waals surface area contributed by atoms with Gasteiger partial charge >= 0.3 is 0 Å². The molecule has 0 aromatic heterocycles. The molecule has 4 aromatic carbocycles. The second kappa shape index (κ2) is 6.34. The molecule has 26 heavy (non-hydrogen) atoms. The number of benzene rings is 4. The SMILES string of the molecule is C=C(C)c1ccc2cc(-c3ccc(N(C)C)cc3)c3ccccc3c2c1. The fraction of sp³-hybridized carbons (Fsp3) is 0.120. The summed E-state index contributed by atoms with van der Waals surface area (Å²) >= 11 is 0. The van der Waals surface area contributed by atoms with Crippen molar-refractivity contribution in [3.05, 3.63) is 84.9 Å². The molecular weight excluding hydrogens is 314 g/mol. The van der Waals surface area contributed by atoms with Crippen molar-refractivity contribution >= 4 is 32.8 Å². The normalized spacial score (nSPS) is 11.0. The van der Waals surface area contributed by atoms with Crippen molar-refractivity contribution in [3.63, 3.8) is 0 Å². The lowest BCUT2D eigenvalue weighted by atomic mass is 9.92. The molecule has 4 rings (SSSR count). The fourth-order valence-electron chi connectivity index (χ4n) is 3.54. The zero-order valence-electron chi connectivity index (χ0n) is 15.6. The summed E-state index contributed by atoms with van der Waals surface area (Å²) < 4.78 is 0. The summed E-state index contributed by atoms with van der Waals surface area (Å²) in [5, 5.41) is 5.13. The number of allylic oxidation sites excluding steroid dienone is 1. The van der Waals surface area contributed by atoms with E-state index in [1.54, 1.807) is 0 Å². The minimum Gasteiger partial charge on any atom is -0.378 e. The maximum absolute atomic E-state index is 4.10. The molecule has 0 radical (unpaired) electrons. The highest BCUT2D eigenvalue weighted by molar-refractivity contribution is 6.14. The molecule has 0 fully saturated rings. The van der Waals surface area contributed by atoms with Gasteiger partial charge in [0.05, 0.1) is 0 Å². The lowest BCUT2D eigenvalue weighted by molar-refractivity contribution is 1.13. The first-order chi connectivity index (χ1) is 12.5. The smallest absolute Gasteiger partial charge is 0.0361 e. The van der Waals surface area contributed by atoms with Gasteiger partial charge in [-0.15, -0.1) is 0 Å². The highest BCUT2D eigenvalue weighted by Gasteiger charge is 2.09. The fourth-order valence-corrected chi connectivity index (χ4v) is 3.54. The van der Waals surface area contributed by atoms with E-state index in [2.05, 4.69) is 105 Å². The van der Waals surface area contributed by atoms with Gasteiger partial charge in [0.25, 0.3) is 0 Å². The average molecular weight is 337 g/mol.